The summed E-state index contributed by atoms with van der Waals surface area (Å²) < 4.78 is 0.283. The van der Waals surface area contributed by atoms with Crippen molar-refractivity contribution in [1.82, 2.24) is 9.97 Å². The van der Waals surface area contributed by atoms with Gasteiger partial charge in [-0.2, -0.15) is 0 Å². The van der Waals surface area contributed by atoms with Gasteiger partial charge in [-0.3, -0.25) is 4.79 Å². The number of carboxylic acids is 1. The molecule has 0 bridgehead atoms. The Bertz CT molecular complexity index is 692. The molecule has 6 nitrogen and oxygen atoms in total. The van der Waals surface area contributed by atoms with Crippen LogP contribution in [0.15, 0.2) is 41.7 Å². The molecule has 1 aromatic carbocycles. The number of H-pyrrole nitrogens is 1. The van der Waals surface area contributed by atoms with Crippen molar-refractivity contribution in [2.75, 3.05) is 21.1 Å². The second-order valence-electron chi connectivity index (χ2n) is 6.12. The number of nitrogens with zero attached hydrogens (tertiary/aromatic N) is 2. The van der Waals surface area contributed by atoms with Crippen LogP contribution in [0.4, 0.5) is 0 Å². The SMILES string of the molecule is C[N+](C)(C)[C@@H](Cc1[nH]cnc1SC(=O)c1ccccc1)C(=O)O. The summed E-state index contributed by atoms with van der Waals surface area (Å²) in [5, 5.41) is 9.85. The normalized spacial score (nSPS) is 12.8. The number of aliphatic carboxylic acids is 1. The molecular weight excluding hydrogens is 314 g/mol. The minimum atomic E-state index is -0.877. The zero-order valence-electron chi connectivity index (χ0n) is 13.3. The summed E-state index contributed by atoms with van der Waals surface area (Å²) >= 11 is 1.01. The molecule has 0 unspecified atom stereocenters. The van der Waals surface area contributed by atoms with Crippen molar-refractivity contribution in [3.05, 3.63) is 47.9 Å². The largest absolute Gasteiger partial charge is 0.477 e. The Morgan fingerprint density at radius 1 is 1.26 bits per heavy atom. The van der Waals surface area contributed by atoms with Crippen LogP contribution in [0.1, 0.15) is 16.1 Å². The van der Waals surface area contributed by atoms with Gasteiger partial charge in [-0.05, 0) is 11.8 Å². The first-order chi connectivity index (χ1) is 10.8. The molecule has 23 heavy (non-hydrogen) atoms. The number of hydrogen-bond acceptors (Lipinski definition) is 4. The summed E-state index contributed by atoms with van der Waals surface area (Å²) in [6.07, 6.45) is 1.77. The van der Waals surface area contributed by atoms with Gasteiger partial charge in [0.25, 0.3) is 0 Å². The Balaban J connectivity index is 2.16. The third-order valence-corrected chi connectivity index (χ3v) is 4.46. The van der Waals surface area contributed by atoms with Crippen molar-refractivity contribution in [1.29, 1.82) is 0 Å². The number of nitrogens with one attached hydrogen (secondary N) is 1. The molecule has 1 atom stereocenters. The van der Waals surface area contributed by atoms with Gasteiger partial charge in [-0.15, -0.1) is 0 Å². The maximum atomic E-state index is 12.3. The van der Waals surface area contributed by atoms with E-state index >= 15 is 0 Å². The molecule has 0 amide bonds. The second-order valence-corrected chi connectivity index (χ2v) is 7.08. The summed E-state index contributed by atoms with van der Waals surface area (Å²) in [7, 11) is 5.49. The molecule has 122 valence electrons. The van der Waals surface area contributed by atoms with E-state index in [9.17, 15) is 14.7 Å². The highest BCUT2D eigenvalue weighted by Gasteiger charge is 2.33. The van der Waals surface area contributed by atoms with E-state index in [4.69, 9.17) is 0 Å². The number of thioether (sulfide) groups is 1. The molecule has 0 aliphatic carbocycles. The highest BCUT2D eigenvalue weighted by atomic mass is 32.2. The minimum Gasteiger partial charge on any atom is -0.477 e. The van der Waals surface area contributed by atoms with Crippen LogP contribution in [0.3, 0.4) is 0 Å². The van der Waals surface area contributed by atoms with E-state index in [0.29, 0.717) is 16.3 Å². The first-order valence-electron chi connectivity index (χ1n) is 7.12. The van der Waals surface area contributed by atoms with Crippen LogP contribution >= 0.6 is 11.8 Å². The quantitative estimate of drug-likeness (QED) is 0.624. The molecule has 0 saturated heterocycles. The van der Waals surface area contributed by atoms with Gasteiger partial charge in [0, 0.05) is 5.56 Å². The monoisotopic (exact) mass is 334 g/mol. The van der Waals surface area contributed by atoms with Crippen molar-refractivity contribution >= 4 is 22.8 Å². The molecule has 0 fully saturated rings. The molecule has 2 aromatic rings. The lowest BCUT2D eigenvalue weighted by atomic mass is 10.1. The van der Waals surface area contributed by atoms with Crippen LogP contribution in [-0.2, 0) is 11.2 Å². The zero-order chi connectivity index (χ0) is 17.0. The number of hydrogen-bond donors (Lipinski definition) is 2. The van der Waals surface area contributed by atoms with Crippen molar-refractivity contribution in [2.24, 2.45) is 0 Å². The maximum absolute atomic E-state index is 12.3. The molecular formula is C16H20N3O3S+. The van der Waals surface area contributed by atoms with E-state index in [-0.39, 0.29) is 16.0 Å². The third kappa shape index (κ3) is 4.43. The standard InChI is InChI=1S/C16H19N3O3S/c1-19(2,3)13(15(20)21)9-12-14(18-10-17-12)23-16(22)11-7-5-4-6-8-11/h4-8,10,13H,9H2,1-3H3,(H-,17,18,20,21)/p+1/t13-/m0/s1. The van der Waals surface area contributed by atoms with Crippen molar-refractivity contribution < 1.29 is 19.2 Å². The highest BCUT2D eigenvalue weighted by Crippen LogP contribution is 2.25. The maximum Gasteiger partial charge on any atom is 0.362 e. The number of carbonyl (C=O) groups is 2. The molecule has 2 N–H and O–H groups in total. The number of carbonyl (C=O) groups excluding carboxylic acids is 1. The number of likely N-dealkylation sites (N-methyl/N-ethyl adjacent to an activating group) is 1. The lowest BCUT2D eigenvalue weighted by molar-refractivity contribution is -0.887. The second kappa shape index (κ2) is 6.97. The molecule has 1 heterocycles. The van der Waals surface area contributed by atoms with Crippen molar-refractivity contribution in [2.45, 2.75) is 17.5 Å². The van der Waals surface area contributed by atoms with Gasteiger partial charge in [0.15, 0.2) is 6.04 Å². The number of imidazole rings is 1. The third-order valence-electron chi connectivity index (χ3n) is 3.50. The molecule has 0 aliphatic heterocycles. The fourth-order valence-corrected chi connectivity index (χ4v) is 2.95. The van der Waals surface area contributed by atoms with Gasteiger partial charge >= 0.3 is 5.97 Å². The van der Waals surface area contributed by atoms with E-state index < -0.39 is 12.0 Å². The predicted molar refractivity (Wildman–Crippen MR) is 88.4 cm³/mol. The number of aromatic nitrogens is 2. The van der Waals surface area contributed by atoms with E-state index in [2.05, 4.69) is 9.97 Å². The Morgan fingerprint density at radius 3 is 2.48 bits per heavy atom. The molecule has 0 aliphatic rings. The first-order valence-corrected chi connectivity index (χ1v) is 7.94. The molecule has 0 saturated carbocycles. The van der Waals surface area contributed by atoms with E-state index in [1.807, 2.05) is 27.2 Å². The summed E-state index contributed by atoms with van der Waals surface area (Å²) in [4.78, 5) is 30.9. The average Bonchev–Trinajstić information content (AvgIpc) is 2.91. The number of carboxylic acid groups (broad SMARTS) is 1. The summed E-state index contributed by atoms with van der Waals surface area (Å²) in [5.41, 5.74) is 1.26. The smallest absolute Gasteiger partial charge is 0.362 e. The molecule has 0 spiro atoms. The van der Waals surface area contributed by atoms with E-state index in [0.717, 1.165) is 11.8 Å². The van der Waals surface area contributed by atoms with Gasteiger partial charge < -0.3 is 14.6 Å². The Kier molecular flexibility index (Phi) is 5.23. The van der Waals surface area contributed by atoms with Crippen LogP contribution < -0.4 is 0 Å². The van der Waals surface area contributed by atoms with Gasteiger partial charge in [0.2, 0.25) is 5.12 Å². The van der Waals surface area contributed by atoms with Crippen molar-refractivity contribution in [3.63, 3.8) is 0 Å². The van der Waals surface area contributed by atoms with E-state index in [1.54, 1.807) is 24.3 Å². The molecule has 0 radical (unpaired) electrons. The first kappa shape index (κ1) is 17.2. The Morgan fingerprint density at radius 2 is 1.91 bits per heavy atom. The summed E-state index contributed by atoms with van der Waals surface area (Å²) in [5.74, 6) is -0.877. The summed E-state index contributed by atoms with van der Waals surface area (Å²) in [6.45, 7) is 0. The number of quaternary nitrogens is 1. The van der Waals surface area contributed by atoms with Gasteiger partial charge in [0.1, 0.15) is 5.03 Å². The zero-order valence-corrected chi connectivity index (χ0v) is 14.1. The molecule has 1 aromatic heterocycles. The van der Waals surface area contributed by atoms with Crippen LogP contribution in [0.25, 0.3) is 0 Å². The molecule has 7 heteroatoms. The number of benzene rings is 1. The van der Waals surface area contributed by atoms with Crippen LogP contribution in [0, 0.1) is 0 Å². The highest BCUT2D eigenvalue weighted by molar-refractivity contribution is 8.14. The Hall–Kier alpha value is -2.12. The van der Waals surface area contributed by atoms with Gasteiger partial charge in [-0.1, -0.05) is 30.3 Å². The van der Waals surface area contributed by atoms with E-state index in [1.165, 1.54) is 6.33 Å². The van der Waals surface area contributed by atoms with Gasteiger partial charge in [-0.25, -0.2) is 9.78 Å². The van der Waals surface area contributed by atoms with Crippen LogP contribution in [-0.4, -0.2) is 57.8 Å². The summed E-state index contributed by atoms with van der Waals surface area (Å²) in [6, 6.07) is 8.32. The number of aromatic amines is 1. The average molecular weight is 334 g/mol. The number of rotatable bonds is 6. The fraction of sp³-hybridized carbons (Fsp3) is 0.312. The minimum absolute atomic E-state index is 0.115. The topological polar surface area (TPSA) is 83.0 Å². The predicted octanol–water partition coefficient (Wildman–Crippen LogP) is 2.04. The van der Waals surface area contributed by atoms with Gasteiger partial charge in [0.05, 0.1) is 39.6 Å². The lowest BCUT2D eigenvalue weighted by Gasteiger charge is -2.30. The van der Waals surface area contributed by atoms with Crippen LogP contribution in [0.2, 0.25) is 0 Å². The fourth-order valence-electron chi connectivity index (χ4n) is 2.15. The Labute approximate surface area is 139 Å². The molecule has 2 rings (SSSR count). The lowest BCUT2D eigenvalue weighted by Crippen LogP contribution is -2.51. The van der Waals surface area contributed by atoms with Crippen molar-refractivity contribution in [3.8, 4) is 0 Å². The van der Waals surface area contributed by atoms with Crippen LogP contribution in [0.5, 0.6) is 0 Å².